The second-order valence-corrected chi connectivity index (χ2v) is 2.93. The van der Waals surface area contributed by atoms with Crippen molar-refractivity contribution in [2.24, 2.45) is 11.1 Å². The number of hydrogen-bond donors (Lipinski definition) is 2. The molecule has 0 aliphatic rings. The summed E-state index contributed by atoms with van der Waals surface area (Å²) in [5, 5.41) is 20.4. The first kappa shape index (κ1) is 10.2. The zero-order valence-corrected chi connectivity index (χ0v) is 7.71. The van der Waals surface area contributed by atoms with Gasteiger partial charge in [0.1, 0.15) is 5.75 Å². The molecule has 0 spiro atoms. The summed E-state index contributed by atoms with van der Waals surface area (Å²) in [7, 11) is 0. The van der Waals surface area contributed by atoms with Crippen molar-refractivity contribution < 1.29 is 15.1 Å². The van der Waals surface area contributed by atoms with Gasteiger partial charge in [0.25, 0.3) is 0 Å². The van der Waals surface area contributed by atoms with E-state index in [0.29, 0.717) is 0 Å². The summed E-state index contributed by atoms with van der Waals surface area (Å²) in [5.41, 5.74) is 0.236. The normalized spacial score (nSPS) is 12.9. The van der Waals surface area contributed by atoms with E-state index in [1.807, 2.05) is 0 Å². The smallest absolute Gasteiger partial charge is 0.174 e. The first-order chi connectivity index (χ1) is 6.66. The van der Waals surface area contributed by atoms with E-state index in [4.69, 9.17) is 5.21 Å². The number of nitrogens with zero attached hydrogens (tertiary/aromatic N) is 1. The molecule has 0 fully saturated rings. The quantitative estimate of drug-likeness (QED) is 0.332. The van der Waals surface area contributed by atoms with E-state index in [1.165, 1.54) is 12.1 Å². The molecule has 14 heavy (non-hydrogen) atoms. The predicted molar refractivity (Wildman–Crippen MR) is 51.9 cm³/mol. The number of aromatic hydroxyl groups is 1. The monoisotopic (exact) mass is 193 g/mol. The molecule has 2 N–H and O–H groups in total. The van der Waals surface area contributed by atoms with Crippen LogP contribution in [0.3, 0.4) is 0 Å². The molecule has 0 amide bonds. The number of phenols is 1. The molecule has 0 saturated heterocycles. The van der Waals surface area contributed by atoms with Crippen LogP contribution in [0.25, 0.3) is 0 Å². The first-order valence-corrected chi connectivity index (χ1v) is 4.16. The summed E-state index contributed by atoms with van der Waals surface area (Å²) in [6.45, 7) is 1.59. The Morgan fingerprint density at radius 2 is 2.14 bits per heavy atom. The van der Waals surface area contributed by atoms with E-state index in [9.17, 15) is 9.90 Å². The van der Waals surface area contributed by atoms with Gasteiger partial charge in [-0.2, -0.15) is 0 Å². The van der Waals surface area contributed by atoms with Gasteiger partial charge >= 0.3 is 0 Å². The molecule has 1 aromatic carbocycles. The first-order valence-electron chi connectivity index (χ1n) is 4.16. The summed E-state index contributed by atoms with van der Waals surface area (Å²) in [4.78, 5) is 11.6. The standard InChI is InChI=1S/C10H11NO3/c1-7(6-11-14)10(13)8-4-2-3-5-9(8)12/h2-7,12,14H,1H3/b11-6+. The van der Waals surface area contributed by atoms with E-state index in [-0.39, 0.29) is 17.1 Å². The maximum Gasteiger partial charge on any atom is 0.174 e. The maximum absolute atomic E-state index is 11.6. The van der Waals surface area contributed by atoms with Gasteiger partial charge in [-0.1, -0.05) is 12.1 Å². The van der Waals surface area contributed by atoms with Crippen LogP contribution in [0, 0.1) is 5.92 Å². The van der Waals surface area contributed by atoms with E-state index in [1.54, 1.807) is 19.1 Å². The van der Waals surface area contributed by atoms with E-state index >= 15 is 0 Å². The lowest BCUT2D eigenvalue weighted by molar-refractivity contribution is 0.0959. The van der Waals surface area contributed by atoms with Gasteiger partial charge in [0.05, 0.1) is 17.7 Å². The lowest BCUT2D eigenvalue weighted by Crippen LogP contribution is -2.12. The second-order valence-electron chi connectivity index (χ2n) is 2.93. The highest BCUT2D eigenvalue weighted by molar-refractivity contribution is 6.07. The molecular weight excluding hydrogens is 182 g/mol. The molecule has 1 atom stereocenters. The number of Topliss-reactive ketones (excluding diaryl/α,β-unsaturated/α-hetero) is 1. The number of carbonyl (C=O) groups is 1. The molecule has 0 aliphatic heterocycles. The van der Waals surface area contributed by atoms with Gasteiger partial charge in [0.15, 0.2) is 5.78 Å². The molecule has 74 valence electrons. The third-order valence-corrected chi connectivity index (χ3v) is 1.87. The van der Waals surface area contributed by atoms with Crippen LogP contribution in [0.1, 0.15) is 17.3 Å². The van der Waals surface area contributed by atoms with Crippen LogP contribution in [-0.4, -0.2) is 22.3 Å². The topological polar surface area (TPSA) is 69.9 Å². The Morgan fingerprint density at radius 3 is 2.71 bits per heavy atom. The van der Waals surface area contributed by atoms with Crippen LogP contribution in [0.5, 0.6) is 5.75 Å². The largest absolute Gasteiger partial charge is 0.507 e. The van der Waals surface area contributed by atoms with Crippen LogP contribution in [0.15, 0.2) is 29.4 Å². The SMILES string of the molecule is CC(/C=N/O)C(=O)c1ccccc1O. The summed E-state index contributed by atoms with van der Waals surface area (Å²) < 4.78 is 0. The maximum atomic E-state index is 11.6. The number of benzene rings is 1. The minimum absolute atomic E-state index is 0.0595. The third kappa shape index (κ3) is 2.10. The van der Waals surface area contributed by atoms with Crippen molar-refractivity contribution in [2.75, 3.05) is 0 Å². The highest BCUT2D eigenvalue weighted by Crippen LogP contribution is 2.18. The van der Waals surface area contributed by atoms with Gasteiger partial charge in [-0.3, -0.25) is 4.79 Å². The Morgan fingerprint density at radius 1 is 1.50 bits per heavy atom. The summed E-state index contributed by atoms with van der Waals surface area (Å²) in [6.07, 6.45) is 1.12. The van der Waals surface area contributed by atoms with Crippen molar-refractivity contribution in [1.29, 1.82) is 0 Å². The fourth-order valence-corrected chi connectivity index (χ4v) is 1.09. The van der Waals surface area contributed by atoms with Crippen LogP contribution < -0.4 is 0 Å². The summed E-state index contributed by atoms with van der Waals surface area (Å²) in [5.74, 6) is -0.884. The minimum Gasteiger partial charge on any atom is -0.507 e. The molecule has 0 heterocycles. The molecule has 1 rings (SSSR count). The van der Waals surface area contributed by atoms with Gasteiger partial charge in [-0.15, -0.1) is 5.16 Å². The molecule has 0 bridgehead atoms. The van der Waals surface area contributed by atoms with Crippen molar-refractivity contribution >= 4 is 12.0 Å². The number of phenolic OH excluding ortho intramolecular Hbond substituents is 1. The number of ketones is 1. The van der Waals surface area contributed by atoms with Gasteiger partial charge in [-0.25, -0.2) is 0 Å². The molecule has 1 aromatic rings. The number of rotatable bonds is 3. The number of para-hydroxylation sites is 1. The third-order valence-electron chi connectivity index (χ3n) is 1.87. The highest BCUT2D eigenvalue weighted by atomic mass is 16.4. The molecule has 0 aromatic heterocycles. The van der Waals surface area contributed by atoms with Crippen molar-refractivity contribution in [2.45, 2.75) is 6.92 Å². The highest BCUT2D eigenvalue weighted by Gasteiger charge is 2.16. The fraction of sp³-hybridized carbons (Fsp3) is 0.200. The summed E-state index contributed by atoms with van der Waals surface area (Å²) >= 11 is 0. The lowest BCUT2D eigenvalue weighted by atomic mass is 10.00. The average molecular weight is 193 g/mol. The zero-order valence-electron chi connectivity index (χ0n) is 7.71. The number of oxime groups is 1. The summed E-state index contributed by atoms with van der Waals surface area (Å²) in [6, 6.07) is 6.27. The van der Waals surface area contributed by atoms with E-state index in [2.05, 4.69) is 5.16 Å². The molecule has 0 radical (unpaired) electrons. The van der Waals surface area contributed by atoms with E-state index in [0.717, 1.165) is 6.21 Å². The molecule has 4 heteroatoms. The van der Waals surface area contributed by atoms with Crippen LogP contribution in [0.2, 0.25) is 0 Å². The Kier molecular flexibility index (Phi) is 3.23. The molecule has 4 nitrogen and oxygen atoms in total. The fourth-order valence-electron chi connectivity index (χ4n) is 1.09. The predicted octanol–water partition coefficient (Wildman–Crippen LogP) is 1.67. The van der Waals surface area contributed by atoms with Gasteiger partial charge in [0, 0.05) is 0 Å². The molecule has 0 saturated carbocycles. The van der Waals surface area contributed by atoms with Crippen molar-refractivity contribution in [3.8, 4) is 5.75 Å². The van der Waals surface area contributed by atoms with Gasteiger partial charge in [-0.05, 0) is 19.1 Å². The average Bonchev–Trinajstić information content (AvgIpc) is 2.18. The van der Waals surface area contributed by atoms with Crippen LogP contribution in [-0.2, 0) is 0 Å². The van der Waals surface area contributed by atoms with Crippen molar-refractivity contribution in [1.82, 2.24) is 0 Å². The number of carbonyl (C=O) groups excluding carboxylic acids is 1. The Hall–Kier alpha value is -1.84. The molecule has 1 unspecified atom stereocenters. The van der Waals surface area contributed by atoms with Gasteiger partial charge in [0.2, 0.25) is 0 Å². The Balaban J connectivity index is 2.95. The Bertz CT molecular complexity index is 360. The lowest BCUT2D eigenvalue weighted by Gasteiger charge is -2.05. The second kappa shape index (κ2) is 4.41. The van der Waals surface area contributed by atoms with Gasteiger partial charge < -0.3 is 10.3 Å². The zero-order chi connectivity index (χ0) is 10.6. The van der Waals surface area contributed by atoms with Crippen LogP contribution in [0.4, 0.5) is 0 Å². The minimum atomic E-state index is -0.548. The van der Waals surface area contributed by atoms with Crippen LogP contribution >= 0.6 is 0 Å². The Labute approximate surface area is 81.5 Å². The number of hydrogen-bond acceptors (Lipinski definition) is 4. The van der Waals surface area contributed by atoms with E-state index < -0.39 is 5.92 Å². The van der Waals surface area contributed by atoms with Crippen molar-refractivity contribution in [3.63, 3.8) is 0 Å². The molecular formula is C10H11NO3. The van der Waals surface area contributed by atoms with Crippen molar-refractivity contribution in [3.05, 3.63) is 29.8 Å². The molecule has 0 aliphatic carbocycles.